The third kappa shape index (κ3) is 3.22. The smallest absolute Gasteiger partial charge is 0.0847 e. The zero-order valence-corrected chi connectivity index (χ0v) is 11.4. The molecule has 4 heteroatoms. The molecule has 0 aliphatic carbocycles. The van der Waals surface area contributed by atoms with E-state index < -0.39 is 0 Å². The summed E-state index contributed by atoms with van der Waals surface area (Å²) in [4.78, 5) is 0. The molecule has 1 N–H and O–H groups in total. The van der Waals surface area contributed by atoms with Gasteiger partial charge in [-0.1, -0.05) is 24.9 Å². The number of halogens is 1. The zero-order valence-electron chi connectivity index (χ0n) is 10.7. The highest BCUT2D eigenvalue weighted by atomic mass is 35.5. The van der Waals surface area contributed by atoms with Gasteiger partial charge in [0.25, 0.3) is 0 Å². The van der Waals surface area contributed by atoms with E-state index in [0.717, 1.165) is 29.4 Å². The van der Waals surface area contributed by atoms with Crippen molar-refractivity contribution in [1.29, 1.82) is 0 Å². The lowest BCUT2D eigenvalue weighted by Gasteiger charge is -2.15. The first-order valence-corrected chi connectivity index (χ1v) is 6.30. The standard InChI is InChI=1S/C12H22ClN3/c1-5-6-10(8-14-3)7-11-12(13)9(2)15-16(11)4/h10,14H,5-8H2,1-4H3. The van der Waals surface area contributed by atoms with Gasteiger partial charge in [0, 0.05) is 7.05 Å². The Bertz CT molecular complexity index is 327. The maximum absolute atomic E-state index is 6.25. The molecule has 1 aromatic rings. The molecule has 3 nitrogen and oxygen atoms in total. The van der Waals surface area contributed by atoms with Gasteiger partial charge >= 0.3 is 0 Å². The second kappa shape index (κ2) is 6.26. The first-order chi connectivity index (χ1) is 7.60. The van der Waals surface area contributed by atoms with Crippen LogP contribution in [-0.4, -0.2) is 23.4 Å². The predicted molar refractivity (Wildman–Crippen MR) is 69.0 cm³/mol. The number of aryl methyl sites for hydroxylation is 2. The molecule has 1 unspecified atom stereocenters. The quantitative estimate of drug-likeness (QED) is 0.832. The third-order valence-corrected chi connectivity index (χ3v) is 3.43. The van der Waals surface area contributed by atoms with E-state index in [1.54, 1.807) is 0 Å². The molecule has 0 spiro atoms. The third-order valence-electron chi connectivity index (χ3n) is 2.93. The van der Waals surface area contributed by atoms with Gasteiger partial charge in [-0.25, -0.2) is 0 Å². The average molecular weight is 244 g/mol. The van der Waals surface area contributed by atoms with E-state index in [4.69, 9.17) is 11.6 Å². The fourth-order valence-corrected chi connectivity index (χ4v) is 2.39. The van der Waals surface area contributed by atoms with Gasteiger partial charge in [-0.05, 0) is 39.3 Å². The molecule has 0 bridgehead atoms. The lowest BCUT2D eigenvalue weighted by atomic mass is 9.97. The second-order valence-electron chi connectivity index (χ2n) is 4.39. The van der Waals surface area contributed by atoms with Crippen LogP contribution in [-0.2, 0) is 13.5 Å². The molecular formula is C12H22ClN3. The lowest BCUT2D eigenvalue weighted by molar-refractivity contribution is 0.443. The molecule has 1 atom stereocenters. The number of rotatable bonds is 6. The van der Waals surface area contributed by atoms with Crippen LogP contribution in [0.1, 0.15) is 31.2 Å². The summed E-state index contributed by atoms with van der Waals surface area (Å²) in [6.45, 7) is 5.21. The first-order valence-electron chi connectivity index (χ1n) is 5.92. The van der Waals surface area contributed by atoms with Crippen LogP contribution in [0.3, 0.4) is 0 Å². The monoisotopic (exact) mass is 243 g/mol. The number of hydrogen-bond acceptors (Lipinski definition) is 2. The fraction of sp³-hybridized carbons (Fsp3) is 0.750. The molecule has 1 aromatic heterocycles. The Morgan fingerprint density at radius 1 is 1.50 bits per heavy atom. The normalized spacial score (nSPS) is 13.1. The maximum Gasteiger partial charge on any atom is 0.0847 e. The van der Waals surface area contributed by atoms with Crippen molar-refractivity contribution >= 4 is 11.6 Å². The molecule has 0 aliphatic rings. The molecule has 0 radical (unpaired) electrons. The largest absolute Gasteiger partial charge is 0.319 e. The summed E-state index contributed by atoms with van der Waals surface area (Å²) in [7, 11) is 3.97. The van der Waals surface area contributed by atoms with Crippen molar-refractivity contribution in [1.82, 2.24) is 15.1 Å². The number of hydrogen-bond donors (Lipinski definition) is 1. The zero-order chi connectivity index (χ0) is 12.1. The topological polar surface area (TPSA) is 29.9 Å². The van der Waals surface area contributed by atoms with Gasteiger partial charge in [-0.3, -0.25) is 4.68 Å². The minimum atomic E-state index is 0.641. The number of nitrogens with zero attached hydrogens (tertiary/aromatic N) is 2. The molecule has 0 amide bonds. The number of aromatic nitrogens is 2. The van der Waals surface area contributed by atoms with Crippen LogP contribution in [0.4, 0.5) is 0 Å². The van der Waals surface area contributed by atoms with Crippen LogP contribution in [0.5, 0.6) is 0 Å². The highest BCUT2D eigenvalue weighted by Crippen LogP contribution is 2.23. The molecule has 1 heterocycles. The molecule has 0 fully saturated rings. The first kappa shape index (κ1) is 13.5. The fourth-order valence-electron chi connectivity index (χ4n) is 2.15. The van der Waals surface area contributed by atoms with E-state index in [2.05, 4.69) is 17.3 Å². The Labute approximate surface area is 103 Å². The second-order valence-corrected chi connectivity index (χ2v) is 4.76. The van der Waals surface area contributed by atoms with Gasteiger partial charge in [-0.15, -0.1) is 0 Å². The van der Waals surface area contributed by atoms with Crippen molar-refractivity contribution in [2.45, 2.75) is 33.1 Å². The SMILES string of the molecule is CCCC(CNC)Cc1c(Cl)c(C)nn1C. The van der Waals surface area contributed by atoms with Gasteiger partial charge in [0.1, 0.15) is 0 Å². The lowest BCUT2D eigenvalue weighted by Crippen LogP contribution is -2.21. The highest BCUT2D eigenvalue weighted by molar-refractivity contribution is 6.31. The van der Waals surface area contributed by atoms with E-state index in [1.807, 2.05) is 25.7 Å². The molecule has 0 saturated heterocycles. The Morgan fingerprint density at radius 2 is 2.19 bits per heavy atom. The molecular weight excluding hydrogens is 222 g/mol. The van der Waals surface area contributed by atoms with Crippen molar-refractivity contribution in [3.8, 4) is 0 Å². The van der Waals surface area contributed by atoms with Crippen LogP contribution < -0.4 is 5.32 Å². The van der Waals surface area contributed by atoms with E-state index >= 15 is 0 Å². The van der Waals surface area contributed by atoms with Gasteiger partial charge < -0.3 is 5.32 Å². The molecule has 16 heavy (non-hydrogen) atoms. The van der Waals surface area contributed by atoms with Crippen LogP contribution >= 0.6 is 11.6 Å². The molecule has 1 rings (SSSR count). The van der Waals surface area contributed by atoms with Crippen molar-refractivity contribution in [2.24, 2.45) is 13.0 Å². The summed E-state index contributed by atoms with van der Waals surface area (Å²) in [5, 5.41) is 8.43. The summed E-state index contributed by atoms with van der Waals surface area (Å²) in [6.07, 6.45) is 3.44. The van der Waals surface area contributed by atoms with E-state index in [1.165, 1.54) is 12.8 Å². The Morgan fingerprint density at radius 3 is 2.62 bits per heavy atom. The van der Waals surface area contributed by atoms with Crippen molar-refractivity contribution in [3.63, 3.8) is 0 Å². The van der Waals surface area contributed by atoms with Gasteiger partial charge in [0.05, 0.1) is 16.4 Å². The molecule has 92 valence electrons. The highest BCUT2D eigenvalue weighted by Gasteiger charge is 2.16. The minimum Gasteiger partial charge on any atom is -0.319 e. The molecule has 0 saturated carbocycles. The van der Waals surface area contributed by atoms with Crippen LogP contribution in [0.15, 0.2) is 0 Å². The summed E-state index contributed by atoms with van der Waals surface area (Å²) in [6, 6.07) is 0. The Kier molecular flexibility index (Phi) is 5.29. The summed E-state index contributed by atoms with van der Waals surface area (Å²) in [5.74, 6) is 0.641. The summed E-state index contributed by atoms with van der Waals surface area (Å²) < 4.78 is 1.91. The van der Waals surface area contributed by atoms with Gasteiger partial charge in [-0.2, -0.15) is 5.10 Å². The summed E-state index contributed by atoms with van der Waals surface area (Å²) >= 11 is 6.25. The van der Waals surface area contributed by atoms with Crippen molar-refractivity contribution in [2.75, 3.05) is 13.6 Å². The molecule has 0 aliphatic heterocycles. The van der Waals surface area contributed by atoms with Crippen molar-refractivity contribution in [3.05, 3.63) is 16.4 Å². The Balaban J connectivity index is 2.76. The summed E-state index contributed by atoms with van der Waals surface area (Å²) in [5.41, 5.74) is 2.09. The van der Waals surface area contributed by atoms with Crippen molar-refractivity contribution < 1.29 is 0 Å². The van der Waals surface area contributed by atoms with Crippen LogP contribution in [0, 0.1) is 12.8 Å². The van der Waals surface area contributed by atoms with Crippen LogP contribution in [0.25, 0.3) is 0 Å². The van der Waals surface area contributed by atoms with Gasteiger partial charge in [0.2, 0.25) is 0 Å². The van der Waals surface area contributed by atoms with E-state index in [9.17, 15) is 0 Å². The average Bonchev–Trinajstić information content (AvgIpc) is 2.46. The van der Waals surface area contributed by atoms with E-state index in [0.29, 0.717) is 5.92 Å². The van der Waals surface area contributed by atoms with Gasteiger partial charge in [0.15, 0.2) is 0 Å². The van der Waals surface area contributed by atoms with Crippen LogP contribution in [0.2, 0.25) is 5.02 Å². The maximum atomic E-state index is 6.25. The predicted octanol–water partition coefficient (Wildman–Crippen LogP) is 2.56. The van der Waals surface area contributed by atoms with E-state index in [-0.39, 0.29) is 0 Å². The number of nitrogens with one attached hydrogen (secondary N) is 1. The molecule has 0 aromatic carbocycles. The Hall–Kier alpha value is -0.540. The minimum absolute atomic E-state index is 0.641.